The molecule has 2 aromatic rings. The summed E-state index contributed by atoms with van der Waals surface area (Å²) < 4.78 is 5.52. The molecule has 0 aliphatic heterocycles. The zero-order valence-corrected chi connectivity index (χ0v) is 12.8. The Labute approximate surface area is 125 Å². The van der Waals surface area contributed by atoms with Crippen LogP contribution in [0.2, 0.25) is 0 Å². The van der Waals surface area contributed by atoms with Gasteiger partial charge in [0.15, 0.2) is 0 Å². The first kappa shape index (κ1) is 15.2. The second-order valence-corrected chi connectivity index (χ2v) is 5.25. The topological polar surface area (TPSA) is 59.9 Å². The molecule has 0 unspecified atom stereocenters. The molecule has 5 nitrogen and oxygen atoms in total. The highest BCUT2D eigenvalue weighted by Gasteiger charge is 2.07. The van der Waals surface area contributed by atoms with Crippen molar-refractivity contribution in [3.05, 3.63) is 42.0 Å². The van der Waals surface area contributed by atoms with Gasteiger partial charge in [0.25, 0.3) is 0 Å². The summed E-state index contributed by atoms with van der Waals surface area (Å²) in [5, 5.41) is 3.30. The maximum Gasteiger partial charge on any atom is 0.218 e. The Hall–Kier alpha value is -2.17. The van der Waals surface area contributed by atoms with E-state index in [2.05, 4.69) is 34.1 Å². The Balaban J connectivity index is 2.11. The lowest BCUT2D eigenvalue weighted by Gasteiger charge is -2.11. The number of ether oxygens (including phenoxy) is 1. The zero-order valence-electron chi connectivity index (χ0n) is 12.8. The molecule has 21 heavy (non-hydrogen) atoms. The van der Waals surface area contributed by atoms with Gasteiger partial charge >= 0.3 is 0 Å². The average molecular weight is 286 g/mol. The van der Waals surface area contributed by atoms with Crippen LogP contribution >= 0.6 is 0 Å². The molecule has 5 heteroatoms. The van der Waals surface area contributed by atoms with E-state index >= 15 is 0 Å². The fraction of sp³-hybridized carbons (Fsp3) is 0.438. The van der Waals surface area contributed by atoms with Crippen molar-refractivity contribution in [3.8, 4) is 5.88 Å². The highest BCUT2D eigenvalue weighted by Crippen LogP contribution is 2.16. The van der Waals surface area contributed by atoms with Crippen LogP contribution in [0, 0.1) is 5.92 Å². The number of rotatable bonds is 7. The van der Waals surface area contributed by atoms with Crippen molar-refractivity contribution in [3.63, 3.8) is 0 Å². The Kier molecular flexibility index (Phi) is 5.49. The minimum atomic E-state index is 0.507. The normalized spacial score (nSPS) is 10.7. The van der Waals surface area contributed by atoms with Crippen molar-refractivity contribution >= 4 is 5.82 Å². The number of hydrogen-bond acceptors (Lipinski definition) is 5. The molecule has 0 aliphatic carbocycles. The number of pyridine rings is 1. The largest absolute Gasteiger partial charge is 0.478 e. The Morgan fingerprint density at radius 1 is 1.29 bits per heavy atom. The third-order valence-corrected chi connectivity index (χ3v) is 2.83. The number of nitrogens with one attached hydrogen (secondary N) is 1. The van der Waals surface area contributed by atoms with E-state index in [0.717, 1.165) is 23.6 Å². The van der Waals surface area contributed by atoms with Gasteiger partial charge in [0.05, 0.1) is 6.61 Å². The lowest BCUT2D eigenvalue weighted by Crippen LogP contribution is -2.08. The molecule has 0 aromatic carbocycles. The molecule has 0 saturated carbocycles. The lowest BCUT2D eigenvalue weighted by atomic mass is 10.1. The molecule has 0 spiro atoms. The van der Waals surface area contributed by atoms with Crippen LogP contribution < -0.4 is 10.1 Å². The molecule has 0 amide bonds. The second-order valence-electron chi connectivity index (χ2n) is 5.25. The summed E-state index contributed by atoms with van der Waals surface area (Å²) >= 11 is 0. The van der Waals surface area contributed by atoms with Gasteiger partial charge in [0, 0.05) is 31.4 Å². The van der Waals surface area contributed by atoms with Crippen LogP contribution in [0.3, 0.4) is 0 Å². The molecule has 0 bridgehead atoms. The molecule has 0 saturated heterocycles. The van der Waals surface area contributed by atoms with E-state index in [4.69, 9.17) is 4.74 Å². The van der Waals surface area contributed by atoms with Crippen LogP contribution in [0.25, 0.3) is 0 Å². The van der Waals surface area contributed by atoms with E-state index in [-0.39, 0.29) is 0 Å². The van der Waals surface area contributed by atoms with Gasteiger partial charge < -0.3 is 10.1 Å². The fourth-order valence-electron chi connectivity index (χ4n) is 1.94. The van der Waals surface area contributed by atoms with Crippen LogP contribution in [0.5, 0.6) is 5.88 Å². The highest BCUT2D eigenvalue weighted by atomic mass is 16.5. The molecular formula is C16H22N4O. The summed E-state index contributed by atoms with van der Waals surface area (Å²) in [6.45, 7) is 7.53. The highest BCUT2D eigenvalue weighted by molar-refractivity contribution is 5.39. The summed E-state index contributed by atoms with van der Waals surface area (Å²) in [4.78, 5) is 13.1. The Morgan fingerprint density at radius 3 is 2.81 bits per heavy atom. The van der Waals surface area contributed by atoms with Crippen LogP contribution in [-0.2, 0) is 13.0 Å². The number of nitrogens with zero attached hydrogens (tertiary/aromatic N) is 3. The van der Waals surface area contributed by atoms with Gasteiger partial charge in [0.2, 0.25) is 5.88 Å². The third-order valence-electron chi connectivity index (χ3n) is 2.83. The summed E-state index contributed by atoms with van der Waals surface area (Å²) in [7, 11) is 0. The first-order valence-electron chi connectivity index (χ1n) is 7.31. The van der Waals surface area contributed by atoms with E-state index in [1.54, 1.807) is 6.20 Å². The Bertz CT molecular complexity index is 557. The zero-order chi connectivity index (χ0) is 15.1. The lowest BCUT2D eigenvalue weighted by molar-refractivity contribution is 0.324. The van der Waals surface area contributed by atoms with Gasteiger partial charge in [-0.25, -0.2) is 4.98 Å². The number of aromatic nitrogens is 3. The smallest absolute Gasteiger partial charge is 0.218 e. The predicted octanol–water partition coefficient (Wildman–Crippen LogP) is 3.08. The van der Waals surface area contributed by atoms with Gasteiger partial charge in [-0.2, -0.15) is 4.98 Å². The minimum Gasteiger partial charge on any atom is -0.478 e. The predicted molar refractivity (Wildman–Crippen MR) is 83.3 cm³/mol. The van der Waals surface area contributed by atoms with Crippen molar-refractivity contribution in [1.82, 2.24) is 15.0 Å². The van der Waals surface area contributed by atoms with Gasteiger partial charge in [-0.05, 0) is 24.5 Å². The first-order valence-corrected chi connectivity index (χ1v) is 7.31. The van der Waals surface area contributed by atoms with Crippen LogP contribution in [-0.4, -0.2) is 21.6 Å². The Morgan fingerprint density at radius 2 is 2.14 bits per heavy atom. The second kappa shape index (κ2) is 7.57. The van der Waals surface area contributed by atoms with E-state index < -0.39 is 0 Å². The van der Waals surface area contributed by atoms with Crippen LogP contribution in [0.1, 0.15) is 32.2 Å². The molecule has 0 radical (unpaired) electrons. The molecule has 1 N–H and O–H groups in total. The van der Waals surface area contributed by atoms with Gasteiger partial charge in [0.1, 0.15) is 11.6 Å². The molecule has 2 aromatic heterocycles. The maximum atomic E-state index is 5.52. The maximum absolute atomic E-state index is 5.52. The molecule has 2 heterocycles. The molecule has 112 valence electrons. The molecule has 0 fully saturated rings. The number of hydrogen-bond donors (Lipinski definition) is 1. The van der Waals surface area contributed by atoms with Gasteiger partial charge in [-0.3, -0.25) is 4.98 Å². The van der Waals surface area contributed by atoms with E-state index in [1.165, 1.54) is 0 Å². The third kappa shape index (κ3) is 5.02. The SMILES string of the molecule is CCOc1cc(NCc2cccnc2)nc(CC(C)C)n1. The van der Waals surface area contributed by atoms with E-state index in [0.29, 0.717) is 24.9 Å². The molecular weight excluding hydrogens is 264 g/mol. The first-order chi connectivity index (χ1) is 10.2. The molecule has 0 aliphatic rings. The summed E-state index contributed by atoms with van der Waals surface area (Å²) in [5.41, 5.74) is 1.11. The monoisotopic (exact) mass is 286 g/mol. The van der Waals surface area contributed by atoms with Gasteiger partial charge in [-0.15, -0.1) is 0 Å². The average Bonchev–Trinajstić information content (AvgIpc) is 2.46. The van der Waals surface area contributed by atoms with Crippen molar-refractivity contribution in [1.29, 1.82) is 0 Å². The van der Waals surface area contributed by atoms with Crippen molar-refractivity contribution in [2.45, 2.75) is 33.7 Å². The quantitative estimate of drug-likeness (QED) is 0.847. The van der Waals surface area contributed by atoms with Crippen molar-refractivity contribution < 1.29 is 4.74 Å². The summed E-state index contributed by atoms with van der Waals surface area (Å²) in [6.07, 6.45) is 4.44. The number of anilines is 1. The van der Waals surface area contributed by atoms with Crippen LogP contribution in [0.4, 0.5) is 5.82 Å². The summed E-state index contributed by atoms with van der Waals surface area (Å²) in [5.74, 6) is 2.72. The van der Waals surface area contributed by atoms with Crippen molar-refractivity contribution in [2.24, 2.45) is 5.92 Å². The summed E-state index contributed by atoms with van der Waals surface area (Å²) in [6, 6.07) is 5.79. The fourth-order valence-corrected chi connectivity index (χ4v) is 1.94. The van der Waals surface area contributed by atoms with Gasteiger partial charge in [-0.1, -0.05) is 19.9 Å². The van der Waals surface area contributed by atoms with E-state index in [1.807, 2.05) is 31.3 Å². The van der Waals surface area contributed by atoms with E-state index in [9.17, 15) is 0 Å². The molecule has 2 rings (SSSR count). The van der Waals surface area contributed by atoms with Crippen molar-refractivity contribution in [2.75, 3.05) is 11.9 Å². The minimum absolute atomic E-state index is 0.507. The van der Waals surface area contributed by atoms with Crippen LogP contribution in [0.15, 0.2) is 30.6 Å². The molecule has 0 atom stereocenters. The standard InChI is InChI=1S/C16H22N4O/c1-4-21-16-9-14(19-15(20-16)8-12(2)3)18-11-13-6-5-7-17-10-13/h5-7,9-10,12H,4,8,11H2,1-3H3,(H,18,19,20).